The zero-order valence-electron chi connectivity index (χ0n) is 62.9. The van der Waals surface area contributed by atoms with Gasteiger partial charge in [-0.25, -0.2) is 0 Å². The van der Waals surface area contributed by atoms with E-state index in [1.54, 1.807) is 0 Å². The summed E-state index contributed by atoms with van der Waals surface area (Å²) in [6.07, 6.45) is 67.4. The van der Waals surface area contributed by atoms with Crippen molar-refractivity contribution in [1.82, 2.24) is 5.32 Å². The predicted octanol–water partition coefficient (Wildman–Crippen LogP) is 19.5. The number of hydrogen-bond donors (Lipinski definition) is 9. The minimum atomic E-state index is -1.78. The molecule has 0 aromatic heterocycles. The van der Waals surface area contributed by atoms with Crippen LogP contribution in [0.4, 0.5) is 0 Å². The van der Waals surface area contributed by atoms with Crippen LogP contribution < -0.4 is 5.32 Å². The van der Waals surface area contributed by atoms with Crippen LogP contribution in [0, 0.1) is 0 Å². The highest BCUT2D eigenvalue weighted by molar-refractivity contribution is 5.76. The van der Waals surface area contributed by atoms with E-state index in [9.17, 15) is 45.6 Å². The Hall–Kier alpha value is -1.01. The number of carbonyl (C=O) groups excluding carboxylic acids is 1. The quantitative estimate of drug-likeness (QED) is 0.0259. The summed E-state index contributed by atoms with van der Waals surface area (Å²) in [7, 11) is 0. The van der Waals surface area contributed by atoms with Crippen molar-refractivity contribution in [2.45, 2.75) is 498 Å². The van der Waals surface area contributed by atoms with E-state index in [1.165, 1.54) is 347 Å². The second-order valence-corrected chi connectivity index (χ2v) is 30.3. The summed E-state index contributed by atoms with van der Waals surface area (Å²) in [5.41, 5.74) is 0. The summed E-state index contributed by atoms with van der Waals surface area (Å²) >= 11 is 0. The van der Waals surface area contributed by atoms with Gasteiger partial charge in [0, 0.05) is 6.42 Å². The number of hydrogen-bond acceptors (Lipinski definition) is 13. The minimum absolute atomic E-state index is 0.194. The average Bonchev–Trinajstić information content (AvgIpc) is 0.799. The number of amides is 1. The predicted molar refractivity (Wildman–Crippen MR) is 397 cm³/mol. The van der Waals surface area contributed by atoms with Crippen molar-refractivity contribution in [2.24, 2.45) is 0 Å². The number of unbranched alkanes of at least 4 members (excludes halogenated alkanes) is 60. The highest BCUT2D eigenvalue weighted by atomic mass is 16.7. The average molecular weight is 1370 g/mol. The number of rotatable bonds is 73. The van der Waals surface area contributed by atoms with Gasteiger partial charge in [0.2, 0.25) is 5.91 Å². The largest absolute Gasteiger partial charge is 0.394 e. The van der Waals surface area contributed by atoms with E-state index in [0.29, 0.717) is 12.8 Å². The Morgan fingerprint density at radius 1 is 0.333 bits per heavy atom. The summed E-state index contributed by atoms with van der Waals surface area (Å²) in [6.45, 7) is 2.95. The normalized spacial score (nSPS) is 22.1. The maximum absolute atomic E-state index is 13.4. The summed E-state index contributed by atoms with van der Waals surface area (Å²) in [4.78, 5) is 13.4. The molecule has 96 heavy (non-hydrogen) atoms. The third-order valence-corrected chi connectivity index (χ3v) is 21.3. The van der Waals surface area contributed by atoms with E-state index < -0.39 is 86.8 Å². The molecule has 9 N–H and O–H groups in total. The topological polar surface area (TPSA) is 228 Å². The molecule has 2 saturated heterocycles. The monoisotopic (exact) mass is 1370 g/mol. The van der Waals surface area contributed by atoms with Gasteiger partial charge in [-0.05, 0) is 12.8 Å². The van der Waals surface area contributed by atoms with E-state index in [1.807, 2.05) is 0 Å². The Kier molecular flexibility index (Phi) is 63.7. The number of nitrogens with one attached hydrogen (secondary N) is 1. The van der Waals surface area contributed by atoms with Gasteiger partial charge >= 0.3 is 0 Å². The number of aliphatic hydroxyl groups excluding tert-OH is 8. The van der Waals surface area contributed by atoms with Crippen LogP contribution in [0.2, 0.25) is 0 Å². The summed E-state index contributed by atoms with van der Waals surface area (Å²) < 4.78 is 23.0. The molecule has 12 atom stereocenters. The molecular weight excluding hydrogens is 1210 g/mol. The van der Waals surface area contributed by atoms with Gasteiger partial charge in [0.15, 0.2) is 12.6 Å². The van der Waals surface area contributed by atoms with Crippen molar-refractivity contribution in [3.8, 4) is 0 Å². The zero-order valence-corrected chi connectivity index (χ0v) is 62.9. The second kappa shape index (κ2) is 67.2. The fourth-order valence-electron chi connectivity index (χ4n) is 14.7. The molecule has 2 fully saturated rings. The highest BCUT2D eigenvalue weighted by Crippen LogP contribution is 2.31. The molecule has 14 nitrogen and oxygen atoms in total. The van der Waals surface area contributed by atoms with Crippen molar-refractivity contribution < 1.29 is 64.6 Å². The summed E-state index contributed by atoms with van der Waals surface area (Å²) in [5, 5.41) is 87.9. The number of aliphatic hydroxyl groups is 8. The molecular formula is C82H161NO13. The van der Waals surface area contributed by atoms with Crippen molar-refractivity contribution in [3.05, 3.63) is 0 Å². The molecule has 0 aromatic carbocycles. The fourth-order valence-corrected chi connectivity index (χ4v) is 14.7. The van der Waals surface area contributed by atoms with Crippen molar-refractivity contribution >= 4 is 5.91 Å². The van der Waals surface area contributed by atoms with Gasteiger partial charge < -0.3 is 65.1 Å². The van der Waals surface area contributed by atoms with Gasteiger partial charge in [0.1, 0.15) is 48.8 Å². The molecule has 0 aliphatic carbocycles. The third kappa shape index (κ3) is 49.6. The van der Waals surface area contributed by atoms with Crippen molar-refractivity contribution in [1.29, 1.82) is 0 Å². The van der Waals surface area contributed by atoms with Crippen LogP contribution >= 0.6 is 0 Å². The Labute approximate surface area is 591 Å². The molecule has 2 rings (SSSR count). The summed E-state index contributed by atoms with van der Waals surface area (Å²) in [6, 6.07) is -0.826. The van der Waals surface area contributed by atoms with E-state index in [4.69, 9.17) is 18.9 Å². The van der Waals surface area contributed by atoms with E-state index >= 15 is 0 Å². The maximum atomic E-state index is 13.4. The molecule has 2 aliphatic heterocycles. The molecule has 0 saturated carbocycles. The van der Waals surface area contributed by atoms with Gasteiger partial charge in [-0.15, -0.1) is 0 Å². The molecule has 2 heterocycles. The van der Waals surface area contributed by atoms with Crippen LogP contribution in [0.3, 0.4) is 0 Å². The van der Waals surface area contributed by atoms with Gasteiger partial charge in [-0.1, -0.05) is 406 Å². The first kappa shape index (κ1) is 91.1. The van der Waals surface area contributed by atoms with Crippen LogP contribution in [0.15, 0.2) is 0 Å². The number of carbonyl (C=O) groups is 1. The third-order valence-electron chi connectivity index (χ3n) is 21.3. The van der Waals surface area contributed by atoms with E-state index in [-0.39, 0.29) is 12.5 Å². The first-order valence-electron chi connectivity index (χ1n) is 42.3. The highest BCUT2D eigenvalue weighted by Gasteiger charge is 2.51. The first-order chi connectivity index (χ1) is 47.1. The molecule has 572 valence electrons. The van der Waals surface area contributed by atoms with Crippen LogP contribution in [0.25, 0.3) is 0 Å². The number of ether oxygens (including phenoxy) is 4. The van der Waals surface area contributed by atoms with Crippen LogP contribution in [-0.2, 0) is 23.7 Å². The van der Waals surface area contributed by atoms with Gasteiger partial charge in [-0.2, -0.15) is 0 Å². The van der Waals surface area contributed by atoms with E-state index in [2.05, 4.69) is 19.2 Å². The van der Waals surface area contributed by atoms with Crippen LogP contribution in [-0.4, -0.2) is 140 Å². The van der Waals surface area contributed by atoms with E-state index in [0.717, 1.165) is 51.4 Å². The van der Waals surface area contributed by atoms with Crippen LogP contribution in [0.1, 0.15) is 425 Å². The summed E-state index contributed by atoms with van der Waals surface area (Å²) in [5.74, 6) is -0.194. The second-order valence-electron chi connectivity index (χ2n) is 30.3. The Morgan fingerprint density at radius 3 is 0.885 bits per heavy atom. The van der Waals surface area contributed by atoms with Crippen LogP contribution in [0.5, 0.6) is 0 Å². The standard InChI is InChI=1S/C82H161NO13/c1-3-5-7-9-11-13-15-17-19-21-23-25-27-29-31-33-34-35-36-37-38-40-42-44-46-48-50-52-54-56-58-60-62-64-66-74(87)83-70(69-93-81-79(92)77(90)80(73(68-85)95-81)96-82-78(91)76(89)75(88)72(67-84)94-82)71(86)65-63-61-59-57-55-53-51-49-47-45-43-41-39-32-30-28-26-24-22-20-18-16-14-12-10-8-6-4-2/h70-73,75-82,84-86,88-92H,3-69H2,1-2H3,(H,83,87). The molecule has 0 bridgehead atoms. The zero-order chi connectivity index (χ0) is 69.4. The van der Waals surface area contributed by atoms with Gasteiger partial charge in [0.25, 0.3) is 0 Å². The minimum Gasteiger partial charge on any atom is -0.394 e. The lowest BCUT2D eigenvalue weighted by Crippen LogP contribution is -2.65. The molecule has 12 unspecified atom stereocenters. The van der Waals surface area contributed by atoms with Gasteiger partial charge in [-0.3, -0.25) is 4.79 Å². The first-order valence-corrected chi connectivity index (χ1v) is 42.3. The SMILES string of the molecule is CCCCCCCCCCCCCCCCCCCCCCCCCCCCCCCCCCCCC(=O)NC(COC1OC(CO)C(OC2OC(CO)C(O)C(O)C2O)C(O)C1O)C(O)CCCCCCCCCCCCCCCCCCCCCCCCCCCCCC. The lowest BCUT2D eigenvalue weighted by Gasteiger charge is -2.46. The smallest absolute Gasteiger partial charge is 0.220 e. The molecule has 14 heteroatoms. The Morgan fingerprint density at radius 2 is 0.594 bits per heavy atom. The molecule has 0 aromatic rings. The van der Waals surface area contributed by atoms with Gasteiger partial charge in [0.05, 0.1) is 32.0 Å². The maximum Gasteiger partial charge on any atom is 0.220 e. The molecule has 0 radical (unpaired) electrons. The van der Waals surface area contributed by atoms with Crippen molar-refractivity contribution in [2.75, 3.05) is 19.8 Å². The lowest BCUT2D eigenvalue weighted by atomic mass is 9.97. The lowest BCUT2D eigenvalue weighted by molar-refractivity contribution is -0.359. The Balaban J connectivity index is 1.57. The Bertz CT molecular complexity index is 1610. The van der Waals surface area contributed by atoms with Crippen molar-refractivity contribution in [3.63, 3.8) is 0 Å². The fraction of sp³-hybridized carbons (Fsp3) is 0.988. The molecule has 0 spiro atoms. The molecule has 1 amide bonds. The molecule has 2 aliphatic rings.